The minimum absolute atomic E-state index is 0.139. The van der Waals surface area contributed by atoms with Gasteiger partial charge in [0.05, 0.1) is 0 Å². The van der Waals surface area contributed by atoms with Gasteiger partial charge in [-0.15, -0.1) is 0 Å². The molecule has 0 N–H and O–H groups in total. The highest BCUT2D eigenvalue weighted by atomic mass is 15.1. The van der Waals surface area contributed by atoms with Crippen molar-refractivity contribution in [3.63, 3.8) is 0 Å². The van der Waals surface area contributed by atoms with Crippen LogP contribution in [0.4, 0.5) is 17.1 Å². The summed E-state index contributed by atoms with van der Waals surface area (Å²) in [5.41, 5.74) is 11.2. The Morgan fingerprint density at radius 2 is 0.886 bits per heavy atom. The first-order valence-electron chi connectivity index (χ1n) is 15.3. The number of anilines is 3. The monoisotopic (exact) mass is 565 g/mol. The van der Waals surface area contributed by atoms with Crippen molar-refractivity contribution in [2.24, 2.45) is 0 Å². The van der Waals surface area contributed by atoms with Gasteiger partial charge in [-0.2, -0.15) is 0 Å². The Labute approximate surface area is 260 Å². The van der Waals surface area contributed by atoms with E-state index in [0.717, 1.165) is 23.5 Å². The largest absolute Gasteiger partial charge is 0.311 e. The highest BCUT2D eigenvalue weighted by molar-refractivity contribution is 5.83. The topological polar surface area (TPSA) is 3.24 Å². The van der Waals surface area contributed by atoms with Crippen molar-refractivity contribution in [3.8, 4) is 0 Å². The van der Waals surface area contributed by atoms with Gasteiger partial charge in [0.2, 0.25) is 0 Å². The van der Waals surface area contributed by atoms with E-state index in [0.29, 0.717) is 0 Å². The first kappa shape index (κ1) is 27.4. The summed E-state index contributed by atoms with van der Waals surface area (Å²) in [7, 11) is 0. The second-order valence-electron chi connectivity index (χ2n) is 11.5. The van der Waals surface area contributed by atoms with Crippen molar-refractivity contribution in [1.82, 2.24) is 0 Å². The maximum atomic E-state index is 2.35. The van der Waals surface area contributed by atoms with E-state index in [1.807, 2.05) is 0 Å². The minimum atomic E-state index is 0.139. The number of benzene rings is 7. The van der Waals surface area contributed by atoms with E-state index < -0.39 is 0 Å². The fourth-order valence-corrected chi connectivity index (χ4v) is 6.16. The van der Waals surface area contributed by atoms with Crippen LogP contribution in [0.2, 0.25) is 0 Å². The van der Waals surface area contributed by atoms with Crippen LogP contribution in [0.25, 0.3) is 10.8 Å². The van der Waals surface area contributed by atoms with Gasteiger partial charge in [-0.05, 0) is 88.3 Å². The lowest BCUT2D eigenvalue weighted by atomic mass is 9.84. The molecule has 0 amide bonds. The van der Waals surface area contributed by atoms with E-state index in [2.05, 4.69) is 188 Å². The average molecular weight is 566 g/mol. The van der Waals surface area contributed by atoms with Crippen LogP contribution in [0, 0.1) is 6.92 Å². The van der Waals surface area contributed by atoms with Crippen molar-refractivity contribution in [2.75, 3.05) is 4.90 Å². The molecule has 44 heavy (non-hydrogen) atoms. The van der Waals surface area contributed by atoms with Crippen molar-refractivity contribution in [2.45, 2.75) is 19.3 Å². The SMILES string of the molecule is Cc1ccc(N(c2ccc(Cc3ccccc3)cc2)c2ccc(C(c3ccccc3)c3ccc4ccccc4c3)cc2)cc1. The molecule has 7 aromatic rings. The van der Waals surface area contributed by atoms with Gasteiger partial charge in [0.15, 0.2) is 0 Å². The summed E-state index contributed by atoms with van der Waals surface area (Å²) in [4.78, 5) is 2.35. The summed E-state index contributed by atoms with van der Waals surface area (Å²) < 4.78 is 0. The highest BCUT2D eigenvalue weighted by Gasteiger charge is 2.19. The normalized spacial score (nSPS) is 11.8. The molecule has 0 saturated heterocycles. The molecule has 0 aliphatic rings. The second-order valence-corrected chi connectivity index (χ2v) is 11.5. The molecular formula is C43H35N. The molecule has 212 valence electrons. The smallest absolute Gasteiger partial charge is 0.0461 e. The van der Waals surface area contributed by atoms with E-state index in [4.69, 9.17) is 0 Å². The van der Waals surface area contributed by atoms with Crippen LogP contribution in [0.1, 0.15) is 39.3 Å². The van der Waals surface area contributed by atoms with E-state index in [1.54, 1.807) is 0 Å². The van der Waals surface area contributed by atoms with Crippen LogP contribution in [0.5, 0.6) is 0 Å². The average Bonchev–Trinajstić information content (AvgIpc) is 3.08. The Kier molecular flexibility index (Phi) is 7.76. The van der Waals surface area contributed by atoms with E-state index in [9.17, 15) is 0 Å². The molecule has 0 heterocycles. The zero-order chi connectivity index (χ0) is 29.7. The van der Waals surface area contributed by atoms with Gasteiger partial charge in [0.1, 0.15) is 0 Å². The zero-order valence-electron chi connectivity index (χ0n) is 25.0. The zero-order valence-corrected chi connectivity index (χ0v) is 25.0. The van der Waals surface area contributed by atoms with Gasteiger partial charge >= 0.3 is 0 Å². The number of aryl methyl sites for hydroxylation is 1. The van der Waals surface area contributed by atoms with Crippen LogP contribution >= 0.6 is 0 Å². The summed E-state index contributed by atoms with van der Waals surface area (Å²) in [5, 5.41) is 2.53. The van der Waals surface area contributed by atoms with E-state index in [-0.39, 0.29) is 5.92 Å². The molecular weight excluding hydrogens is 530 g/mol. The molecule has 0 aliphatic heterocycles. The predicted octanol–water partition coefficient (Wildman–Crippen LogP) is 11.4. The molecule has 0 bridgehead atoms. The maximum absolute atomic E-state index is 2.35. The molecule has 1 nitrogen and oxygen atoms in total. The Hall–Kier alpha value is -5.40. The highest BCUT2D eigenvalue weighted by Crippen LogP contribution is 2.38. The van der Waals surface area contributed by atoms with Gasteiger partial charge in [-0.3, -0.25) is 0 Å². The fraction of sp³-hybridized carbons (Fsp3) is 0.0698. The number of hydrogen-bond donors (Lipinski definition) is 0. The first-order chi connectivity index (χ1) is 21.7. The summed E-state index contributed by atoms with van der Waals surface area (Å²) in [6.45, 7) is 2.14. The van der Waals surface area contributed by atoms with Gasteiger partial charge in [-0.25, -0.2) is 0 Å². The minimum Gasteiger partial charge on any atom is -0.311 e. The van der Waals surface area contributed by atoms with Crippen molar-refractivity contribution in [1.29, 1.82) is 0 Å². The fourth-order valence-electron chi connectivity index (χ4n) is 6.16. The standard InChI is InChI=1S/C43H35N/c1-32-16-24-40(25-17-32)44(41-26-18-34(19-27-41)30-33-10-4-2-5-11-33)42-28-22-37(23-29-42)43(36-13-6-3-7-14-36)39-21-20-35-12-8-9-15-38(35)31-39/h2-29,31,43H,30H2,1H3. The van der Waals surface area contributed by atoms with Crippen LogP contribution in [0.15, 0.2) is 176 Å². The van der Waals surface area contributed by atoms with Crippen LogP contribution in [0.3, 0.4) is 0 Å². The maximum Gasteiger partial charge on any atom is 0.0461 e. The van der Waals surface area contributed by atoms with Gasteiger partial charge in [0, 0.05) is 23.0 Å². The van der Waals surface area contributed by atoms with Crippen molar-refractivity contribution >= 4 is 27.8 Å². The molecule has 7 aromatic carbocycles. The Balaban J connectivity index is 1.26. The molecule has 1 atom stereocenters. The van der Waals surface area contributed by atoms with E-state index in [1.165, 1.54) is 44.2 Å². The molecule has 1 unspecified atom stereocenters. The molecule has 1 heteroatoms. The third-order valence-corrected chi connectivity index (χ3v) is 8.46. The number of hydrogen-bond acceptors (Lipinski definition) is 1. The predicted molar refractivity (Wildman–Crippen MR) is 186 cm³/mol. The molecule has 0 radical (unpaired) electrons. The molecule has 0 saturated carbocycles. The molecule has 7 rings (SSSR count). The Bertz CT molecular complexity index is 1960. The lowest BCUT2D eigenvalue weighted by Crippen LogP contribution is -2.10. The van der Waals surface area contributed by atoms with Crippen LogP contribution in [-0.4, -0.2) is 0 Å². The second kappa shape index (κ2) is 12.5. The number of nitrogens with zero attached hydrogens (tertiary/aromatic N) is 1. The molecule has 0 fully saturated rings. The Morgan fingerprint density at radius 3 is 1.55 bits per heavy atom. The van der Waals surface area contributed by atoms with E-state index >= 15 is 0 Å². The molecule has 0 aliphatic carbocycles. The van der Waals surface area contributed by atoms with Crippen molar-refractivity contribution < 1.29 is 0 Å². The summed E-state index contributed by atoms with van der Waals surface area (Å²) >= 11 is 0. The third-order valence-electron chi connectivity index (χ3n) is 8.46. The number of rotatable bonds is 8. The molecule has 0 spiro atoms. The quantitative estimate of drug-likeness (QED) is 0.166. The third kappa shape index (κ3) is 5.91. The Morgan fingerprint density at radius 1 is 0.409 bits per heavy atom. The lowest BCUT2D eigenvalue weighted by Gasteiger charge is -2.27. The van der Waals surface area contributed by atoms with Crippen LogP contribution in [-0.2, 0) is 6.42 Å². The van der Waals surface area contributed by atoms with Gasteiger partial charge in [-0.1, -0.05) is 145 Å². The first-order valence-corrected chi connectivity index (χ1v) is 15.3. The number of fused-ring (bicyclic) bond motifs is 1. The lowest BCUT2D eigenvalue weighted by molar-refractivity contribution is 0.980. The van der Waals surface area contributed by atoms with Crippen molar-refractivity contribution in [3.05, 3.63) is 209 Å². The van der Waals surface area contributed by atoms with Crippen LogP contribution < -0.4 is 4.90 Å². The summed E-state index contributed by atoms with van der Waals surface area (Å²) in [5.74, 6) is 0.139. The summed E-state index contributed by atoms with van der Waals surface area (Å²) in [6, 6.07) is 63.9. The summed E-state index contributed by atoms with van der Waals surface area (Å²) in [6.07, 6.45) is 0.927. The van der Waals surface area contributed by atoms with Gasteiger partial charge < -0.3 is 4.90 Å². The molecule has 0 aromatic heterocycles. The van der Waals surface area contributed by atoms with Gasteiger partial charge in [0.25, 0.3) is 0 Å².